The molecule has 210 valence electrons. The molecule has 0 atom stereocenters. The summed E-state index contributed by atoms with van der Waals surface area (Å²) in [5.74, 6) is 0. The lowest BCUT2D eigenvalue weighted by Gasteiger charge is -2.17. The monoisotopic (exact) mass is 622 g/mol. The molecular formula is C21H18O14S4. The van der Waals surface area contributed by atoms with Gasteiger partial charge in [0.25, 0.3) is 40.5 Å². The number of benzene rings is 4. The van der Waals surface area contributed by atoms with Gasteiger partial charge in [-0.1, -0.05) is 24.3 Å². The fourth-order valence-electron chi connectivity index (χ4n) is 4.00. The summed E-state index contributed by atoms with van der Waals surface area (Å²) >= 11 is 0. The maximum absolute atomic E-state index is 11.9. The lowest BCUT2D eigenvalue weighted by Crippen LogP contribution is -2.08. The Morgan fingerprint density at radius 2 is 0.718 bits per heavy atom. The highest BCUT2D eigenvalue weighted by Gasteiger charge is 2.29. The lowest BCUT2D eigenvalue weighted by atomic mass is 9.94. The van der Waals surface area contributed by atoms with E-state index in [1.165, 1.54) is 0 Å². The molecule has 0 saturated heterocycles. The molecule has 4 aromatic carbocycles. The maximum Gasteiger partial charge on any atom is 0.295 e. The van der Waals surface area contributed by atoms with Crippen molar-refractivity contribution in [1.29, 1.82) is 0 Å². The van der Waals surface area contributed by atoms with Gasteiger partial charge in [0.05, 0.1) is 0 Å². The van der Waals surface area contributed by atoms with Gasteiger partial charge in [-0.2, -0.15) is 33.7 Å². The lowest BCUT2D eigenvalue weighted by molar-refractivity contribution is -0.108. The zero-order valence-corrected chi connectivity index (χ0v) is 22.5. The number of carbonyl (C=O) groups excluding carboxylic acids is 2. The SMILES string of the molecule is O=CCCCC=O.O=S(=O)(O)c1cc(S(=O)(=O)O)c2ccc3c(S(=O)(=O)O)cc(S(=O)(=O)O)c4ccc1c2c43. The molecule has 4 N–H and O–H groups in total. The highest BCUT2D eigenvalue weighted by Crippen LogP contribution is 2.44. The van der Waals surface area contributed by atoms with Crippen LogP contribution in [0, 0.1) is 0 Å². The standard InChI is InChI=1S/C16H10O12S4.C5H8O2/c17-29(18,19)11-5-13(31(23,24)25)9-3-4-10-14(32(26,27)28)6-12(30(20,21)22)8-2-1-7(11)15(9)16(8)10;6-4-2-1-3-5-7/h1-6H,(H,17,18,19)(H,20,21,22)(H,23,24,25)(H,26,27,28);4-5H,1-3H2. The number of carbonyl (C=O) groups is 2. The van der Waals surface area contributed by atoms with Gasteiger partial charge >= 0.3 is 0 Å². The van der Waals surface area contributed by atoms with E-state index in [1.54, 1.807) is 0 Å². The minimum atomic E-state index is -5.10. The molecule has 0 heterocycles. The number of hydrogen-bond donors (Lipinski definition) is 4. The molecule has 0 spiro atoms. The minimum Gasteiger partial charge on any atom is -0.303 e. The van der Waals surface area contributed by atoms with Gasteiger partial charge in [-0.05, 0) is 18.6 Å². The molecule has 0 aliphatic heterocycles. The van der Waals surface area contributed by atoms with Crippen molar-refractivity contribution >= 4 is 85.4 Å². The van der Waals surface area contributed by atoms with Gasteiger partial charge in [0.2, 0.25) is 0 Å². The zero-order valence-electron chi connectivity index (χ0n) is 19.2. The molecule has 0 unspecified atom stereocenters. The van der Waals surface area contributed by atoms with Crippen LogP contribution in [-0.4, -0.2) is 64.5 Å². The number of unbranched alkanes of at least 4 members (excludes halogenated alkanes) is 2. The van der Waals surface area contributed by atoms with Gasteiger partial charge in [0.1, 0.15) is 32.2 Å². The number of rotatable bonds is 8. The summed E-state index contributed by atoms with van der Waals surface area (Å²) in [5.41, 5.74) is 0. The first-order valence-electron chi connectivity index (χ1n) is 10.4. The molecule has 0 saturated carbocycles. The predicted octanol–water partition coefficient (Wildman–Crippen LogP) is 2.13. The van der Waals surface area contributed by atoms with Gasteiger partial charge in [0.15, 0.2) is 0 Å². The first kappa shape index (κ1) is 30.4. The molecule has 0 aliphatic carbocycles. The largest absolute Gasteiger partial charge is 0.303 e. The van der Waals surface area contributed by atoms with Crippen molar-refractivity contribution in [2.45, 2.75) is 38.8 Å². The van der Waals surface area contributed by atoms with E-state index >= 15 is 0 Å². The van der Waals surface area contributed by atoms with Gasteiger partial charge in [-0.3, -0.25) is 18.2 Å². The van der Waals surface area contributed by atoms with E-state index < -0.39 is 60.1 Å². The molecule has 4 aromatic rings. The third-order valence-electron chi connectivity index (χ3n) is 5.50. The first-order valence-corrected chi connectivity index (χ1v) is 16.2. The molecule has 0 amide bonds. The highest BCUT2D eigenvalue weighted by molar-refractivity contribution is 7.87. The van der Waals surface area contributed by atoms with E-state index in [2.05, 4.69) is 0 Å². The van der Waals surface area contributed by atoms with Crippen LogP contribution in [0.5, 0.6) is 0 Å². The first-order chi connectivity index (χ1) is 17.8. The summed E-state index contributed by atoms with van der Waals surface area (Å²) in [4.78, 5) is 15.2. The van der Waals surface area contributed by atoms with Crippen LogP contribution in [0.25, 0.3) is 32.3 Å². The van der Waals surface area contributed by atoms with Crippen molar-refractivity contribution < 1.29 is 61.5 Å². The Bertz CT molecular complexity index is 1780. The predicted molar refractivity (Wildman–Crippen MR) is 135 cm³/mol. The molecular weight excluding hydrogens is 604 g/mol. The van der Waals surface area contributed by atoms with Gasteiger partial charge in [-0.25, -0.2) is 0 Å². The van der Waals surface area contributed by atoms with Gasteiger partial charge < -0.3 is 9.59 Å². The summed E-state index contributed by atoms with van der Waals surface area (Å²) in [6, 6.07) is 4.98. The minimum absolute atomic E-state index is 0.346. The Morgan fingerprint density at radius 1 is 0.487 bits per heavy atom. The van der Waals surface area contributed by atoms with Crippen molar-refractivity contribution in [3.05, 3.63) is 36.4 Å². The van der Waals surface area contributed by atoms with Crippen LogP contribution in [0.3, 0.4) is 0 Å². The maximum atomic E-state index is 11.9. The topological polar surface area (TPSA) is 252 Å². The highest BCUT2D eigenvalue weighted by atomic mass is 32.2. The fourth-order valence-corrected chi connectivity index (χ4v) is 7.01. The van der Waals surface area contributed by atoms with Crippen molar-refractivity contribution in [1.82, 2.24) is 0 Å². The van der Waals surface area contributed by atoms with Crippen LogP contribution in [0.2, 0.25) is 0 Å². The van der Waals surface area contributed by atoms with Crippen molar-refractivity contribution in [2.75, 3.05) is 0 Å². The summed E-state index contributed by atoms with van der Waals surface area (Å²) in [5, 5.41) is -2.11. The Morgan fingerprint density at radius 3 is 0.897 bits per heavy atom. The van der Waals surface area contributed by atoms with Crippen LogP contribution in [0.1, 0.15) is 19.3 Å². The Kier molecular flexibility index (Phi) is 8.17. The summed E-state index contributed by atoms with van der Waals surface area (Å²) < 4.78 is 134. The molecule has 4 rings (SSSR count). The van der Waals surface area contributed by atoms with Crippen LogP contribution in [0.15, 0.2) is 56.0 Å². The number of hydrogen-bond acceptors (Lipinski definition) is 10. The van der Waals surface area contributed by atoms with E-state index in [1.807, 2.05) is 0 Å². The average molecular weight is 623 g/mol. The van der Waals surface area contributed by atoms with E-state index in [9.17, 15) is 61.5 Å². The number of aldehydes is 2. The van der Waals surface area contributed by atoms with Crippen molar-refractivity contribution in [2.24, 2.45) is 0 Å². The van der Waals surface area contributed by atoms with Crippen LogP contribution < -0.4 is 0 Å². The molecule has 0 fully saturated rings. The van der Waals surface area contributed by atoms with Gasteiger partial charge in [-0.15, -0.1) is 0 Å². The molecule has 0 aromatic heterocycles. The summed E-state index contributed by atoms with van der Waals surface area (Å²) in [6.07, 6.45) is 3.37. The van der Waals surface area contributed by atoms with E-state index in [0.29, 0.717) is 31.4 Å². The second kappa shape index (κ2) is 10.5. The molecule has 39 heavy (non-hydrogen) atoms. The van der Waals surface area contributed by atoms with E-state index in [-0.39, 0.29) is 32.3 Å². The summed E-state index contributed by atoms with van der Waals surface area (Å²) in [7, 11) is -20.4. The smallest absolute Gasteiger partial charge is 0.295 e. The van der Waals surface area contributed by atoms with Gasteiger partial charge in [0, 0.05) is 45.2 Å². The molecule has 18 heteroatoms. The normalized spacial score (nSPS) is 12.9. The Labute approximate surface area is 221 Å². The van der Waals surface area contributed by atoms with Crippen LogP contribution in [-0.2, 0) is 50.1 Å². The summed E-state index contributed by atoms with van der Waals surface area (Å²) in [6.45, 7) is 0. The molecule has 0 radical (unpaired) electrons. The molecule has 14 nitrogen and oxygen atoms in total. The van der Waals surface area contributed by atoms with E-state index in [4.69, 9.17) is 0 Å². The average Bonchev–Trinajstić information content (AvgIpc) is 2.79. The third-order valence-corrected chi connectivity index (χ3v) is 9.08. The Balaban J connectivity index is 0.000000532. The molecule has 0 bridgehead atoms. The quantitative estimate of drug-likeness (QED) is 0.0950. The fraction of sp³-hybridized carbons (Fsp3) is 0.143. The third kappa shape index (κ3) is 6.07. The Hall–Kier alpha value is -3.10. The van der Waals surface area contributed by atoms with Crippen molar-refractivity contribution in [3.8, 4) is 0 Å². The van der Waals surface area contributed by atoms with Crippen molar-refractivity contribution in [3.63, 3.8) is 0 Å². The zero-order chi connectivity index (χ0) is 29.6. The second-order valence-electron chi connectivity index (χ2n) is 7.98. The van der Waals surface area contributed by atoms with Crippen LogP contribution in [0.4, 0.5) is 0 Å². The molecule has 0 aliphatic rings. The van der Waals surface area contributed by atoms with Crippen LogP contribution >= 0.6 is 0 Å². The van der Waals surface area contributed by atoms with E-state index in [0.717, 1.165) is 36.8 Å². The second-order valence-corrected chi connectivity index (χ2v) is 13.5.